The van der Waals surface area contributed by atoms with Crippen molar-refractivity contribution in [2.45, 2.75) is 108 Å². The molecule has 18 heteroatoms. The molecule has 4 rings (SSSR count). The van der Waals surface area contributed by atoms with Crippen LogP contribution in [0.2, 0.25) is 0 Å². The Morgan fingerprint density at radius 1 is 0.391 bits per heavy atom. The minimum atomic E-state index is -5.85. The Balaban J connectivity index is 2.11. The summed E-state index contributed by atoms with van der Waals surface area (Å²) >= 11 is 0. The van der Waals surface area contributed by atoms with Crippen molar-refractivity contribution in [1.82, 2.24) is 0 Å². The van der Waals surface area contributed by atoms with Crippen molar-refractivity contribution in [3.8, 4) is 11.1 Å². The molecule has 0 heterocycles. The van der Waals surface area contributed by atoms with E-state index in [9.17, 15) is 35.9 Å². The molecule has 0 saturated heterocycles. The standard InChI is InChI=1S/C46H46F12N4O2/c1-39(2,3)29-13-23(14-30(37(29)63)40(4,5)6)21-59-61-33-19-25(43(47,48)49)17-27(35(33)45(53,54)55)28-18-26(44(50,51)52)20-34(36(28)46(56,57)58)62-60-22-24-15-31(41(7,8)9)38(64)32(16-24)42(10,11)12/h13-22H,1-12H3. The van der Waals surface area contributed by atoms with Gasteiger partial charge in [-0.05, 0) is 92.5 Å². The van der Waals surface area contributed by atoms with Crippen LogP contribution in [0.1, 0.15) is 105 Å². The topological polar surface area (TPSA) is 83.6 Å². The lowest BCUT2D eigenvalue weighted by molar-refractivity contribution is -0.141. The number of halogens is 12. The van der Waals surface area contributed by atoms with Crippen LogP contribution in [-0.4, -0.2) is 11.6 Å². The van der Waals surface area contributed by atoms with Crippen LogP contribution in [0.3, 0.4) is 0 Å². The molecule has 0 saturated carbocycles. The predicted octanol–water partition coefficient (Wildman–Crippen LogP) is 16.4. The molecule has 0 atom stereocenters. The molecule has 0 unspecified atom stereocenters. The van der Waals surface area contributed by atoms with Crippen LogP contribution >= 0.6 is 0 Å². The number of alkyl halides is 12. The maximum absolute atomic E-state index is 15.1. The molecule has 0 spiro atoms. The van der Waals surface area contributed by atoms with E-state index in [0.29, 0.717) is 0 Å². The first-order valence-electron chi connectivity index (χ1n) is 19.5. The highest BCUT2D eigenvalue weighted by Crippen LogP contribution is 2.53. The van der Waals surface area contributed by atoms with Crippen molar-refractivity contribution in [2.75, 3.05) is 0 Å². The summed E-state index contributed by atoms with van der Waals surface area (Å²) < 4.78 is 177. The van der Waals surface area contributed by atoms with E-state index in [0.717, 1.165) is 12.4 Å². The molecule has 64 heavy (non-hydrogen) atoms. The minimum Gasteiger partial charge on any atom is -0.289 e. The van der Waals surface area contributed by atoms with Crippen molar-refractivity contribution in [1.29, 1.82) is 0 Å². The third kappa shape index (κ3) is 11.6. The lowest BCUT2D eigenvalue weighted by Crippen LogP contribution is -2.27. The Morgan fingerprint density at radius 3 is 0.844 bits per heavy atom. The van der Waals surface area contributed by atoms with Gasteiger partial charge in [-0.2, -0.15) is 73.1 Å². The van der Waals surface area contributed by atoms with Crippen molar-refractivity contribution >= 4 is 22.9 Å². The molecule has 0 bridgehead atoms. The molecule has 6 nitrogen and oxygen atoms in total. The van der Waals surface area contributed by atoms with Gasteiger partial charge in [0.05, 0.1) is 46.0 Å². The predicted molar refractivity (Wildman–Crippen MR) is 217 cm³/mol. The molecule has 0 aliphatic heterocycles. The normalized spacial score (nSPS) is 16.7. The zero-order chi connectivity index (χ0) is 49.1. The number of nitrogens with zero attached hydrogens (tertiary/aromatic N) is 4. The lowest BCUT2D eigenvalue weighted by Gasteiger charge is -2.31. The van der Waals surface area contributed by atoms with Crippen molar-refractivity contribution < 1.29 is 62.3 Å². The van der Waals surface area contributed by atoms with E-state index in [2.05, 4.69) is 20.5 Å². The van der Waals surface area contributed by atoms with E-state index in [1.165, 1.54) is 24.3 Å². The fraction of sp³-hybridized carbons (Fsp3) is 0.435. The molecule has 2 aromatic rings. The number of hydrogen-bond acceptors (Lipinski definition) is 6. The number of rotatable bonds is 5. The van der Waals surface area contributed by atoms with Crippen LogP contribution in [-0.2, 0) is 34.3 Å². The lowest BCUT2D eigenvalue weighted by atomic mass is 9.72. The zero-order valence-electron chi connectivity index (χ0n) is 36.9. The summed E-state index contributed by atoms with van der Waals surface area (Å²) in [6, 6.07) is -0.998. The second kappa shape index (κ2) is 16.9. The maximum atomic E-state index is 15.1. The summed E-state index contributed by atoms with van der Waals surface area (Å²) in [6.07, 6.45) is -15.8. The molecule has 2 aliphatic carbocycles. The highest BCUT2D eigenvalue weighted by Gasteiger charge is 2.46. The van der Waals surface area contributed by atoms with Gasteiger partial charge in [0.25, 0.3) is 0 Å². The van der Waals surface area contributed by atoms with Gasteiger partial charge in [-0.25, -0.2) is 0 Å². The second-order valence-corrected chi connectivity index (χ2v) is 19.4. The average molecular weight is 915 g/mol. The SMILES string of the molecule is CC(C)(C)C1=CC(=CN=Nc2cc(C(F)(F)F)cc(-c3cc(C(F)(F)F)cc(N=NC=C4C=C(C(C)(C)C)C(=O)C(C(C)(C)C)=C4)c3C(F)(F)F)c2C(F)(F)F)C=C(C(C)(C)C)C1=O. The molecule has 0 aromatic heterocycles. The Bertz CT molecular complexity index is 2250. The van der Waals surface area contributed by atoms with Crippen LogP contribution in [0.15, 0.2) is 115 Å². The van der Waals surface area contributed by atoms with Crippen molar-refractivity contribution in [3.05, 3.63) is 117 Å². The Morgan fingerprint density at radius 2 is 0.641 bits per heavy atom. The van der Waals surface area contributed by atoms with E-state index in [4.69, 9.17) is 0 Å². The van der Waals surface area contributed by atoms with Crippen molar-refractivity contribution in [2.24, 2.45) is 42.1 Å². The number of azo groups is 2. The number of hydrogen-bond donors (Lipinski definition) is 0. The van der Waals surface area contributed by atoms with Gasteiger partial charge in [0.1, 0.15) is 0 Å². The Kier molecular flexibility index (Phi) is 13.5. The summed E-state index contributed by atoms with van der Waals surface area (Å²) in [5.74, 6) is -0.701. The third-order valence-corrected chi connectivity index (χ3v) is 9.95. The fourth-order valence-corrected chi connectivity index (χ4v) is 6.75. The van der Waals surface area contributed by atoms with E-state index in [1.54, 1.807) is 83.1 Å². The van der Waals surface area contributed by atoms with Gasteiger partial charge < -0.3 is 0 Å². The number of ketones is 2. The molecule has 346 valence electrons. The van der Waals surface area contributed by atoms with E-state index < -0.39 is 91.1 Å². The maximum Gasteiger partial charge on any atom is 0.419 e. The highest BCUT2D eigenvalue weighted by atomic mass is 19.4. The number of carbonyl (C=O) groups excluding carboxylic acids is 2. The molecular weight excluding hydrogens is 869 g/mol. The van der Waals surface area contributed by atoms with Gasteiger partial charge in [-0.15, -0.1) is 0 Å². The molecule has 0 fully saturated rings. The van der Waals surface area contributed by atoms with Gasteiger partial charge in [0.2, 0.25) is 0 Å². The first-order valence-corrected chi connectivity index (χ1v) is 19.5. The number of Topliss-reactive ketones (excluding diaryl/α,β-unsaturated/α-hetero) is 2. The first-order chi connectivity index (χ1) is 28.6. The summed E-state index contributed by atoms with van der Waals surface area (Å²) in [5.41, 5.74) is -17.8. The largest absolute Gasteiger partial charge is 0.419 e. The van der Waals surface area contributed by atoms with Crippen LogP contribution in [0.5, 0.6) is 0 Å². The van der Waals surface area contributed by atoms with Crippen LogP contribution in [0, 0.1) is 21.7 Å². The van der Waals surface area contributed by atoms with E-state index in [-0.39, 0.29) is 69.3 Å². The second-order valence-electron chi connectivity index (χ2n) is 19.4. The fourth-order valence-electron chi connectivity index (χ4n) is 6.75. The summed E-state index contributed by atoms with van der Waals surface area (Å²) in [4.78, 5) is 26.7. The minimum absolute atomic E-state index is 0.0798. The Hall–Kier alpha value is -5.42. The third-order valence-electron chi connectivity index (χ3n) is 9.95. The molecule has 2 aliphatic rings. The number of carbonyl (C=O) groups is 2. The van der Waals surface area contributed by atoms with Gasteiger partial charge in [0, 0.05) is 22.3 Å². The van der Waals surface area contributed by atoms with E-state index >= 15 is 26.3 Å². The number of benzene rings is 2. The molecule has 0 amide bonds. The van der Waals surface area contributed by atoms with E-state index in [1.807, 2.05) is 0 Å². The average Bonchev–Trinajstić information content (AvgIpc) is 3.08. The summed E-state index contributed by atoms with van der Waals surface area (Å²) in [5, 5.41) is 13.8. The van der Waals surface area contributed by atoms with Gasteiger partial charge in [-0.1, -0.05) is 83.1 Å². The van der Waals surface area contributed by atoms with Crippen molar-refractivity contribution in [3.63, 3.8) is 0 Å². The zero-order valence-corrected chi connectivity index (χ0v) is 36.9. The first kappa shape index (κ1) is 51.2. The monoisotopic (exact) mass is 914 g/mol. The quantitative estimate of drug-likeness (QED) is 0.221. The van der Waals surface area contributed by atoms with Gasteiger partial charge in [-0.3, -0.25) is 9.59 Å². The van der Waals surface area contributed by atoms with Gasteiger partial charge in [0.15, 0.2) is 11.6 Å². The summed E-state index contributed by atoms with van der Waals surface area (Å²) in [7, 11) is 0. The molecular formula is C46H46F12N4O2. The van der Waals surface area contributed by atoms with Crippen LogP contribution in [0.25, 0.3) is 11.1 Å². The number of allylic oxidation sites excluding steroid dienone is 10. The molecule has 2 aromatic carbocycles. The Labute approximate surface area is 362 Å². The van der Waals surface area contributed by atoms with Gasteiger partial charge >= 0.3 is 24.7 Å². The molecule has 0 radical (unpaired) electrons. The highest BCUT2D eigenvalue weighted by molar-refractivity contribution is 6.12. The smallest absolute Gasteiger partial charge is 0.289 e. The summed E-state index contributed by atoms with van der Waals surface area (Å²) in [6.45, 7) is 20.4. The van der Waals surface area contributed by atoms with Crippen LogP contribution < -0.4 is 0 Å². The van der Waals surface area contributed by atoms with Crippen LogP contribution in [0.4, 0.5) is 64.1 Å². The molecule has 0 N–H and O–H groups in total.